The molecule has 0 aromatic heterocycles. The fourth-order valence-electron chi connectivity index (χ4n) is 2.47. The SMILES string of the molecule is CC(C(=O)NC1CCC(N)CC1)C1CNC1. The molecule has 1 unspecified atom stereocenters. The van der Waals surface area contributed by atoms with Gasteiger partial charge < -0.3 is 16.4 Å². The van der Waals surface area contributed by atoms with Crippen molar-refractivity contribution in [3.05, 3.63) is 0 Å². The van der Waals surface area contributed by atoms with Crippen molar-refractivity contribution >= 4 is 5.91 Å². The van der Waals surface area contributed by atoms with Crippen LogP contribution in [0.2, 0.25) is 0 Å². The van der Waals surface area contributed by atoms with E-state index in [1.807, 2.05) is 6.92 Å². The molecular weight excluding hydrogens is 202 g/mol. The number of hydrogen-bond donors (Lipinski definition) is 3. The number of carbonyl (C=O) groups excluding carboxylic acids is 1. The second kappa shape index (κ2) is 5.15. The molecule has 1 atom stereocenters. The first-order chi connectivity index (χ1) is 7.66. The monoisotopic (exact) mass is 225 g/mol. The standard InChI is InChI=1S/C12H23N3O/c1-8(9-6-14-7-9)12(16)15-11-4-2-10(13)3-5-11/h8-11,14H,2-7,13H2,1H3,(H,15,16). The minimum absolute atomic E-state index is 0.150. The van der Waals surface area contributed by atoms with Gasteiger partial charge in [0.1, 0.15) is 0 Å². The fraction of sp³-hybridized carbons (Fsp3) is 0.917. The molecule has 1 saturated carbocycles. The highest BCUT2D eigenvalue weighted by Gasteiger charge is 2.30. The Morgan fingerprint density at radius 1 is 1.31 bits per heavy atom. The Morgan fingerprint density at radius 3 is 2.44 bits per heavy atom. The number of nitrogens with one attached hydrogen (secondary N) is 2. The molecule has 2 fully saturated rings. The number of carbonyl (C=O) groups is 1. The lowest BCUT2D eigenvalue weighted by molar-refractivity contribution is -0.127. The van der Waals surface area contributed by atoms with E-state index in [9.17, 15) is 4.79 Å². The molecule has 1 aliphatic heterocycles. The van der Waals surface area contributed by atoms with Gasteiger partial charge >= 0.3 is 0 Å². The van der Waals surface area contributed by atoms with Gasteiger partial charge in [0.2, 0.25) is 5.91 Å². The average Bonchev–Trinajstić information content (AvgIpc) is 2.19. The molecule has 2 aliphatic rings. The van der Waals surface area contributed by atoms with Gasteiger partial charge in [-0.15, -0.1) is 0 Å². The van der Waals surface area contributed by atoms with E-state index in [0.717, 1.165) is 38.8 Å². The molecule has 92 valence electrons. The molecule has 4 nitrogen and oxygen atoms in total. The Morgan fingerprint density at radius 2 is 1.94 bits per heavy atom. The maximum Gasteiger partial charge on any atom is 0.223 e. The molecule has 16 heavy (non-hydrogen) atoms. The Balaban J connectivity index is 1.73. The molecule has 1 amide bonds. The van der Waals surface area contributed by atoms with Gasteiger partial charge in [0.15, 0.2) is 0 Å². The quantitative estimate of drug-likeness (QED) is 0.644. The van der Waals surface area contributed by atoms with E-state index in [-0.39, 0.29) is 11.8 Å². The van der Waals surface area contributed by atoms with E-state index < -0.39 is 0 Å². The Labute approximate surface area is 97.3 Å². The fourth-order valence-corrected chi connectivity index (χ4v) is 2.47. The van der Waals surface area contributed by atoms with Crippen molar-refractivity contribution in [3.8, 4) is 0 Å². The van der Waals surface area contributed by atoms with Crippen LogP contribution in [-0.4, -0.2) is 31.1 Å². The third-order valence-electron chi connectivity index (χ3n) is 4.05. The predicted octanol–water partition coefficient (Wildman–Crippen LogP) is 0.228. The lowest BCUT2D eigenvalue weighted by Crippen LogP contribution is -2.51. The minimum Gasteiger partial charge on any atom is -0.353 e. The van der Waals surface area contributed by atoms with E-state index in [1.54, 1.807) is 0 Å². The Hall–Kier alpha value is -0.610. The van der Waals surface area contributed by atoms with Crippen molar-refractivity contribution in [2.45, 2.75) is 44.7 Å². The molecule has 0 bridgehead atoms. The van der Waals surface area contributed by atoms with E-state index in [2.05, 4.69) is 10.6 Å². The van der Waals surface area contributed by atoms with Crippen molar-refractivity contribution in [3.63, 3.8) is 0 Å². The van der Waals surface area contributed by atoms with Crippen LogP contribution >= 0.6 is 0 Å². The van der Waals surface area contributed by atoms with Crippen molar-refractivity contribution in [2.75, 3.05) is 13.1 Å². The number of hydrogen-bond acceptors (Lipinski definition) is 3. The highest BCUT2D eigenvalue weighted by Crippen LogP contribution is 2.20. The third kappa shape index (κ3) is 2.74. The van der Waals surface area contributed by atoms with Gasteiger partial charge in [-0.2, -0.15) is 0 Å². The summed E-state index contributed by atoms with van der Waals surface area (Å²) in [6.07, 6.45) is 4.18. The van der Waals surface area contributed by atoms with Crippen LogP contribution in [0.1, 0.15) is 32.6 Å². The summed E-state index contributed by atoms with van der Waals surface area (Å²) in [6.45, 7) is 4.02. The van der Waals surface area contributed by atoms with Crippen LogP contribution in [0, 0.1) is 11.8 Å². The van der Waals surface area contributed by atoms with Gasteiger partial charge in [0.05, 0.1) is 0 Å². The van der Waals surface area contributed by atoms with Gasteiger partial charge in [-0.3, -0.25) is 4.79 Å². The van der Waals surface area contributed by atoms with E-state index in [0.29, 0.717) is 18.0 Å². The minimum atomic E-state index is 0.150. The number of nitrogens with two attached hydrogens (primary N) is 1. The van der Waals surface area contributed by atoms with E-state index in [1.165, 1.54) is 0 Å². The van der Waals surface area contributed by atoms with Crippen LogP contribution in [0.4, 0.5) is 0 Å². The van der Waals surface area contributed by atoms with Crippen LogP contribution in [-0.2, 0) is 4.79 Å². The molecule has 4 heteroatoms. The first-order valence-corrected chi connectivity index (χ1v) is 6.43. The largest absolute Gasteiger partial charge is 0.353 e. The molecule has 0 aromatic carbocycles. The predicted molar refractivity (Wildman–Crippen MR) is 63.9 cm³/mol. The summed E-state index contributed by atoms with van der Waals surface area (Å²) < 4.78 is 0. The van der Waals surface area contributed by atoms with E-state index >= 15 is 0 Å². The highest BCUT2D eigenvalue weighted by atomic mass is 16.1. The van der Waals surface area contributed by atoms with Crippen LogP contribution in [0.25, 0.3) is 0 Å². The zero-order valence-corrected chi connectivity index (χ0v) is 10.0. The van der Waals surface area contributed by atoms with Crippen LogP contribution in [0.3, 0.4) is 0 Å². The first-order valence-electron chi connectivity index (χ1n) is 6.43. The summed E-state index contributed by atoms with van der Waals surface area (Å²) >= 11 is 0. The smallest absolute Gasteiger partial charge is 0.223 e. The van der Waals surface area contributed by atoms with Crippen molar-refractivity contribution < 1.29 is 4.79 Å². The maximum absolute atomic E-state index is 12.0. The summed E-state index contributed by atoms with van der Waals surface area (Å²) in [5, 5.41) is 6.38. The zero-order chi connectivity index (χ0) is 11.5. The Bertz CT molecular complexity index is 245. The van der Waals surface area contributed by atoms with Gasteiger partial charge in [0, 0.05) is 18.0 Å². The molecule has 0 radical (unpaired) electrons. The second-order valence-corrected chi connectivity index (χ2v) is 5.33. The zero-order valence-electron chi connectivity index (χ0n) is 10.0. The third-order valence-corrected chi connectivity index (χ3v) is 4.05. The lowest BCUT2D eigenvalue weighted by atomic mass is 9.87. The topological polar surface area (TPSA) is 67.2 Å². The number of amides is 1. The van der Waals surface area contributed by atoms with Crippen molar-refractivity contribution in [1.82, 2.24) is 10.6 Å². The molecule has 1 heterocycles. The molecule has 2 rings (SSSR count). The van der Waals surface area contributed by atoms with Crippen molar-refractivity contribution in [2.24, 2.45) is 17.6 Å². The van der Waals surface area contributed by atoms with E-state index in [4.69, 9.17) is 5.73 Å². The summed E-state index contributed by atoms with van der Waals surface area (Å²) in [5.41, 5.74) is 5.85. The second-order valence-electron chi connectivity index (χ2n) is 5.33. The Kier molecular flexibility index (Phi) is 3.82. The van der Waals surface area contributed by atoms with Gasteiger partial charge in [-0.05, 0) is 44.7 Å². The molecule has 0 aromatic rings. The van der Waals surface area contributed by atoms with Crippen LogP contribution in [0.5, 0.6) is 0 Å². The normalized spacial score (nSPS) is 32.9. The number of rotatable bonds is 3. The summed E-state index contributed by atoms with van der Waals surface area (Å²) in [7, 11) is 0. The molecule has 1 aliphatic carbocycles. The first kappa shape index (κ1) is 11.9. The van der Waals surface area contributed by atoms with Crippen LogP contribution in [0.15, 0.2) is 0 Å². The summed E-state index contributed by atoms with van der Waals surface area (Å²) in [5.74, 6) is 0.912. The van der Waals surface area contributed by atoms with Gasteiger partial charge in [-0.1, -0.05) is 6.92 Å². The average molecular weight is 225 g/mol. The van der Waals surface area contributed by atoms with Gasteiger partial charge in [-0.25, -0.2) is 0 Å². The molecular formula is C12H23N3O. The molecule has 4 N–H and O–H groups in total. The summed E-state index contributed by atoms with van der Waals surface area (Å²) in [4.78, 5) is 12.0. The molecule has 0 spiro atoms. The lowest BCUT2D eigenvalue weighted by Gasteiger charge is -2.34. The maximum atomic E-state index is 12.0. The van der Waals surface area contributed by atoms with Crippen molar-refractivity contribution in [1.29, 1.82) is 0 Å². The molecule has 1 saturated heterocycles. The van der Waals surface area contributed by atoms with Crippen LogP contribution < -0.4 is 16.4 Å². The summed E-state index contributed by atoms with van der Waals surface area (Å²) in [6, 6.07) is 0.712. The van der Waals surface area contributed by atoms with Gasteiger partial charge in [0.25, 0.3) is 0 Å². The highest BCUT2D eigenvalue weighted by molar-refractivity contribution is 5.79.